The number of halogens is 1. The smallest absolute Gasteiger partial charge is 0.0832 e. The van der Waals surface area contributed by atoms with Gasteiger partial charge in [-0.3, -0.25) is 0 Å². The Bertz CT molecular complexity index is 406. The van der Waals surface area contributed by atoms with Crippen LogP contribution in [0.3, 0.4) is 0 Å². The topological polar surface area (TPSA) is 20.2 Å². The number of aliphatic hydroxyl groups is 1. The van der Waals surface area contributed by atoms with Gasteiger partial charge in [-0.2, -0.15) is 0 Å². The highest BCUT2D eigenvalue weighted by Gasteiger charge is 2.30. The highest BCUT2D eigenvalue weighted by Crippen LogP contribution is 2.41. The van der Waals surface area contributed by atoms with E-state index in [1.165, 1.54) is 6.42 Å². The Balaban J connectivity index is 2.17. The maximum Gasteiger partial charge on any atom is 0.0832 e. The summed E-state index contributed by atoms with van der Waals surface area (Å²) in [6.07, 6.45) is 3.08. The van der Waals surface area contributed by atoms with Crippen LogP contribution >= 0.6 is 11.6 Å². The number of aliphatic hydroxyl groups excluding tert-OH is 1. The number of aryl methyl sites for hydroxylation is 1. The summed E-state index contributed by atoms with van der Waals surface area (Å²) in [6.45, 7) is 6.59. The van der Waals surface area contributed by atoms with Gasteiger partial charge in [0.1, 0.15) is 0 Å². The summed E-state index contributed by atoms with van der Waals surface area (Å²) in [5.74, 6) is 1.76. The molecule has 0 aromatic heterocycles. The van der Waals surface area contributed by atoms with Crippen molar-refractivity contribution < 1.29 is 5.11 Å². The van der Waals surface area contributed by atoms with E-state index in [9.17, 15) is 5.11 Å². The van der Waals surface area contributed by atoms with E-state index in [4.69, 9.17) is 11.6 Å². The molecule has 2 heteroatoms. The molecule has 2 rings (SSSR count). The largest absolute Gasteiger partial charge is 0.388 e. The maximum atomic E-state index is 10.6. The van der Waals surface area contributed by atoms with Gasteiger partial charge in [0.05, 0.1) is 6.10 Å². The highest BCUT2D eigenvalue weighted by molar-refractivity contribution is 6.31. The normalized spacial score (nSPS) is 30.2. The molecule has 3 unspecified atom stereocenters. The molecule has 0 heterocycles. The number of hydrogen-bond acceptors (Lipinski definition) is 1. The lowest BCUT2D eigenvalue weighted by Gasteiger charge is -2.34. The van der Waals surface area contributed by atoms with Crippen molar-refractivity contribution in [2.45, 2.75) is 46.1 Å². The molecule has 3 atom stereocenters. The van der Waals surface area contributed by atoms with Crippen LogP contribution in [0.25, 0.3) is 0 Å². The Morgan fingerprint density at radius 3 is 2.33 bits per heavy atom. The molecule has 1 aromatic carbocycles. The van der Waals surface area contributed by atoms with Gasteiger partial charge in [-0.1, -0.05) is 37.6 Å². The third kappa shape index (κ3) is 3.07. The second-order valence-electron chi connectivity index (χ2n) is 6.15. The second kappa shape index (κ2) is 5.63. The van der Waals surface area contributed by atoms with Crippen molar-refractivity contribution in [3.05, 3.63) is 34.3 Å². The summed E-state index contributed by atoms with van der Waals surface area (Å²) >= 11 is 6.26. The van der Waals surface area contributed by atoms with Crippen LogP contribution in [0.5, 0.6) is 0 Å². The molecule has 1 aromatic rings. The van der Waals surface area contributed by atoms with Gasteiger partial charge in [0, 0.05) is 5.02 Å². The van der Waals surface area contributed by atoms with E-state index in [0.717, 1.165) is 24.0 Å². The minimum absolute atomic E-state index is 0.351. The first kappa shape index (κ1) is 13.9. The Morgan fingerprint density at radius 2 is 1.78 bits per heavy atom. The Kier molecular flexibility index (Phi) is 4.34. The van der Waals surface area contributed by atoms with E-state index in [2.05, 4.69) is 13.8 Å². The molecule has 1 aliphatic carbocycles. The van der Waals surface area contributed by atoms with E-state index < -0.39 is 6.10 Å². The van der Waals surface area contributed by atoms with Gasteiger partial charge < -0.3 is 5.11 Å². The van der Waals surface area contributed by atoms with Crippen LogP contribution in [0.2, 0.25) is 5.02 Å². The van der Waals surface area contributed by atoms with Crippen LogP contribution < -0.4 is 0 Å². The summed E-state index contributed by atoms with van der Waals surface area (Å²) in [7, 11) is 0. The van der Waals surface area contributed by atoms with Crippen LogP contribution in [-0.2, 0) is 0 Å². The molecular weight excluding hydrogens is 244 g/mol. The Morgan fingerprint density at radius 1 is 1.17 bits per heavy atom. The van der Waals surface area contributed by atoms with Gasteiger partial charge in [0.25, 0.3) is 0 Å². The summed E-state index contributed by atoms with van der Waals surface area (Å²) in [5, 5.41) is 11.3. The van der Waals surface area contributed by atoms with Gasteiger partial charge >= 0.3 is 0 Å². The molecular formula is C16H23ClO. The number of rotatable bonds is 2. The van der Waals surface area contributed by atoms with Crippen molar-refractivity contribution in [3.63, 3.8) is 0 Å². The lowest BCUT2D eigenvalue weighted by Crippen LogP contribution is -2.24. The molecule has 0 saturated heterocycles. The molecule has 1 aliphatic rings. The molecule has 100 valence electrons. The summed E-state index contributed by atoms with van der Waals surface area (Å²) in [6, 6.07) is 5.95. The maximum absolute atomic E-state index is 10.6. The first-order valence-corrected chi connectivity index (χ1v) is 7.29. The van der Waals surface area contributed by atoms with Gasteiger partial charge in [-0.25, -0.2) is 0 Å². The molecule has 1 fully saturated rings. The SMILES string of the molecule is Cc1ccc(C(O)C2CC(C)CC(C)C2)c(Cl)c1. The molecule has 1 saturated carbocycles. The fourth-order valence-corrected chi connectivity index (χ4v) is 3.74. The third-order valence-corrected chi connectivity index (χ3v) is 4.46. The van der Waals surface area contributed by atoms with Crippen molar-refractivity contribution in [3.8, 4) is 0 Å². The Labute approximate surface area is 115 Å². The zero-order valence-electron chi connectivity index (χ0n) is 11.5. The predicted molar refractivity (Wildman–Crippen MR) is 76.8 cm³/mol. The van der Waals surface area contributed by atoms with Crippen molar-refractivity contribution >= 4 is 11.6 Å². The van der Waals surface area contributed by atoms with Crippen molar-refractivity contribution in [2.75, 3.05) is 0 Å². The lowest BCUT2D eigenvalue weighted by atomic mass is 9.73. The second-order valence-corrected chi connectivity index (χ2v) is 6.55. The van der Waals surface area contributed by atoms with Crippen molar-refractivity contribution in [2.24, 2.45) is 17.8 Å². The van der Waals surface area contributed by atoms with Gasteiger partial charge in [0.2, 0.25) is 0 Å². The minimum Gasteiger partial charge on any atom is -0.388 e. The van der Waals surface area contributed by atoms with Crippen LogP contribution in [-0.4, -0.2) is 5.11 Å². The molecule has 1 nitrogen and oxygen atoms in total. The molecule has 0 amide bonds. The molecule has 1 N–H and O–H groups in total. The molecule has 0 bridgehead atoms. The summed E-state index contributed by atoms with van der Waals surface area (Å²) in [4.78, 5) is 0. The quantitative estimate of drug-likeness (QED) is 0.819. The lowest BCUT2D eigenvalue weighted by molar-refractivity contribution is 0.0552. The van der Waals surface area contributed by atoms with Gasteiger partial charge in [0.15, 0.2) is 0 Å². The average molecular weight is 267 g/mol. The zero-order chi connectivity index (χ0) is 13.3. The van der Waals surface area contributed by atoms with Gasteiger partial charge in [-0.05, 0) is 61.1 Å². The van der Waals surface area contributed by atoms with Crippen molar-refractivity contribution in [1.29, 1.82) is 0 Å². The average Bonchev–Trinajstić information content (AvgIpc) is 2.26. The highest BCUT2D eigenvalue weighted by atomic mass is 35.5. The van der Waals surface area contributed by atoms with E-state index in [-0.39, 0.29) is 0 Å². The van der Waals surface area contributed by atoms with E-state index in [0.29, 0.717) is 22.8 Å². The minimum atomic E-state index is -0.414. The van der Waals surface area contributed by atoms with Crippen molar-refractivity contribution in [1.82, 2.24) is 0 Å². The third-order valence-electron chi connectivity index (χ3n) is 4.14. The molecule has 0 aliphatic heterocycles. The summed E-state index contributed by atoms with van der Waals surface area (Å²) in [5.41, 5.74) is 2.04. The van der Waals surface area contributed by atoms with E-state index >= 15 is 0 Å². The fraction of sp³-hybridized carbons (Fsp3) is 0.625. The summed E-state index contributed by atoms with van der Waals surface area (Å²) < 4.78 is 0. The number of benzene rings is 1. The van der Waals surface area contributed by atoms with E-state index in [1.807, 2.05) is 25.1 Å². The van der Waals surface area contributed by atoms with Crippen LogP contribution in [0.1, 0.15) is 50.3 Å². The molecule has 0 radical (unpaired) electrons. The monoisotopic (exact) mass is 266 g/mol. The zero-order valence-corrected chi connectivity index (χ0v) is 12.2. The molecule has 0 spiro atoms. The Hall–Kier alpha value is -0.530. The van der Waals surface area contributed by atoms with Gasteiger partial charge in [-0.15, -0.1) is 0 Å². The van der Waals surface area contributed by atoms with Crippen LogP contribution in [0.4, 0.5) is 0 Å². The first-order valence-electron chi connectivity index (χ1n) is 6.91. The fourth-order valence-electron chi connectivity index (χ4n) is 3.39. The first-order chi connectivity index (χ1) is 8.47. The molecule has 18 heavy (non-hydrogen) atoms. The standard InChI is InChI=1S/C16H23ClO/c1-10-4-5-14(15(17)9-10)16(18)13-7-11(2)6-12(3)8-13/h4-5,9,11-13,16,18H,6-8H2,1-3H3. The van der Waals surface area contributed by atoms with Crippen LogP contribution in [0.15, 0.2) is 18.2 Å². The van der Waals surface area contributed by atoms with Crippen LogP contribution in [0, 0.1) is 24.7 Å². The number of hydrogen-bond donors (Lipinski definition) is 1. The van der Waals surface area contributed by atoms with E-state index in [1.54, 1.807) is 0 Å². The predicted octanol–water partition coefficient (Wildman–Crippen LogP) is 4.75.